The number of hydrogen-bond acceptors (Lipinski definition) is 4. The molecule has 41 heavy (non-hydrogen) atoms. The lowest BCUT2D eigenvalue weighted by molar-refractivity contribution is -0.139. The van der Waals surface area contributed by atoms with E-state index in [4.69, 9.17) is 5.11 Å². The number of aliphatic carboxylic acids is 1. The first-order chi connectivity index (χ1) is 19.9. The predicted molar refractivity (Wildman–Crippen MR) is 168 cm³/mol. The highest BCUT2D eigenvalue weighted by atomic mass is 16.4. The number of amides is 3. The second-order valence-corrected chi connectivity index (χ2v) is 11.6. The third-order valence-electron chi connectivity index (χ3n) is 7.56. The quantitative estimate of drug-likeness (QED) is 0.0668. The van der Waals surface area contributed by atoms with Gasteiger partial charge in [0.15, 0.2) is 0 Å². The van der Waals surface area contributed by atoms with Gasteiger partial charge in [0.1, 0.15) is 6.04 Å². The molecular weight excluding hydrogens is 518 g/mol. The van der Waals surface area contributed by atoms with Crippen molar-refractivity contribution in [2.75, 3.05) is 13.1 Å². The highest BCUT2D eigenvalue weighted by molar-refractivity contribution is 5.89. The van der Waals surface area contributed by atoms with Crippen molar-refractivity contribution in [3.05, 3.63) is 0 Å². The SMILES string of the molecule is CCCCCCCCCCCCNC(=O)CC[C@H](NC(=O)CCC(=O)O)C(=O)NCCCCCCCCCCCC. The van der Waals surface area contributed by atoms with Crippen LogP contribution >= 0.6 is 0 Å². The minimum Gasteiger partial charge on any atom is -0.481 e. The van der Waals surface area contributed by atoms with E-state index in [9.17, 15) is 19.2 Å². The Balaban J connectivity index is 4.20. The van der Waals surface area contributed by atoms with Crippen LogP contribution in [0, 0.1) is 0 Å². The molecule has 8 heteroatoms. The summed E-state index contributed by atoms with van der Waals surface area (Å²) in [4.78, 5) is 48.1. The van der Waals surface area contributed by atoms with Gasteiger partial charge in [0, 0.05) is 25.9 Å². The van der Waals surface area contributed by atoms with Gasteiger partial charge >= 0.3 is 5.97 Å². The van der Waals surface area contributed by atoms with Crippen molar-refractivity contribution in [3.63, 3.8) is 0 Å². The van der Waals surface area contributed by atoms with Gasteiger partial charge in [-0.2, -0.15) is 0 Å². The fourth-order valence-corrected chi connectivity index (χ4v) is 4.91. The van der Waals surface area contributed by atoms with E-state index in [0.717, 1.165) is 32.1 Å². The summed E-state index contributed by atoms with van der Waals surface area (Å²) >= 11 is 0. The maximum atomic E-state index is 12.8. The molecule has 240 valence electrons. The Hall–Kier alpha value is -2.12. The highest BCUT2D eigenvalue weighted by Crippen LogP contribution is 2.11. The van der Waals surface area contributed by atoms with E-state index in [2.05, 4.69) is 29.8 Å². The van der Waals surface area contributed by atoms with E-state index < -0.39 is 17.9 Å². The van der Waals surface area contributed by atoms with Gasteiger partial charge in [-0.3, -0.25) is 19.2 Å². The number of carboxylic acid groups (broad SMARTS) is 1. The summed E-state index contributed by atoms with van der Waals surface area (Å²) in [5.41, 5.74) is 0. The molecule has 0 aromatic rings. The lowest BCUT2D eigenvalue weighted by Crippen LogP contribution is -2.47. The molecule has 0 aliphatic carbocycles. The molecule has 4 N–H and O–H groups in total. The largest absolute Gasteiger partial charge is 0.481 e. The first-order valence-electron chi connectivity index (χ1n) is 17.0. The van der Waals surface area contributed by atoms with Gasteiger partial charge in [0.25, 0.3) is 0 Å². The Bertz CT molecular complexity index is 671. The van der Waals surface area contributed by atoms with Gasteiger partial charge < -0.3 is 21.1 Å². The monoisotopic (exact) mass is 581 g/mol. The highest BCUT2D eigenvalue weighted by Gasteiger charge is 2.21. The third-order valence-corrected chi connectivity index (χ3v) is 7.56. The number of hydrogen-bond donors (Lipinski definition) is 4. The second-order valence-electron chi connectivity index (χ2n) is 11.6. The van der Waals surface area contributed by atoms with Crippen molar-refractivity contribution >= 4 is 23.7 Å². The Labute approximate surface area is 251 Å². The Morgan fingerprint density at radius 3 is 1.37 bits per heavy atom. The zero-order valence-corrected chi connectivity index (χ0v) is 26.5. The Morgan fingerprint density at radius 2 is 0.927 bits per heavy atom. The molecule has 0 spiro atoms. The third kappa shape index (κ3) is 27.8. The van der Waals surface area contributed by atoms with E-state index >= 15 is 0 Å². The molecule has 1 atom stereocenters. The molecule has 8 nitrogen and oxygen atoms in total. The van der Waals surface area contributed by atoms with Gasteiger partial charge in [0.05, 0.1) is 6.42 Å². The Morgan fingerprint density at radius 1 is 0.512 bits per heavy atom. The van der Waals surface area contributed by atoms with Crippen LogP contribution in [0.3, 0.4) is 0 Å². The zero-order valence-electron chi connectivity index (χ0n) is 26.5. The molecule has 0 saturated carbocycles. The molecule has 0 saturated heterocycles. The van der Waals surface area contributed by atoms with E-state index in [1.807, 2.05) is 0 Å². The molecule has 0 heterocycles. The maximum absolute atomic E-state index is 12.8. The van der Waals surface area contributed by atoms with Crippen LogP contribution in [-0.2, 0) is 19.2 Å². The first kappa shape index (κ1) is 38.9. The van der Waals surface area contributed by atoms with Crippen LogP contribution in [0.2, 0.25) is 0 Å². The van der Waals surface area contributed by atoms with Crippen molar-refractivity contribution in [1.82, 2.24) is 16.0 Å². The van der Waals surface area contributed by atoms with Crippen molar-refractivity contribution in [3.8, 4) is 0 Å². The summed E-state index contributed by atoms with van der Waals surface area (Å²) in [5.74, 6) is -1.99. The molecule has 0 rings (SSSR count). The van der Waals surface area contributed by atoms with Gasteiger partial charge in [0.2, 0.25) is 17.7 Å². The summed E-state index contributed by atoms with van der Waals surface area (Å²) in [5, 5.41) is 17.3. The molecule has 0 unspecified atom stereocenters. The summed E-state index contributed by atoms with van der Waals surface area (Å²) < 4.78 is 0. The van der Waals surface area contributed by atoms with E-state index in [0.29, 0.717) is 13.1 Å². The Kier molecular flexibility index (Phi) is 27.9. The number of unbranched alkanes of at least 4 members (excludes halogenated alkanes) is 18. The standard InChI is InChI=1S/C33H63N3O5/c1-3-5-7-9-11-13-15-17-19-21-27-34-30(37)24-23-29(36-31(38)25-26-32(39)40)33(41)35-28-22-20-18-16-14-12-10-8-6-4-2/h29H,3-28H2,1-2H3,(H,34,37)(H,35,41)(H,36,38)(H,39,40)/t29-/m0/s1. The zero-order chi connectivity index (χ0) is 30.4. The summed E-state index contributed by atoms with van der Waals surface area (Å²) in [6, 6.07) is -0.845. The van der Waals surface area contributed by atoms with Crippen LogP contribution in [0.25, 0.3) is 0 Å². The fraction of sp³-hybridized carbons (Fsp3) is 0.879. The second kappa shape index (κ2) is 29.4. The molecule has 0 aliphatic heterocycles. The number of carbonyl (C=O) groups is 4. The minimum absolute atomic E-state index is 0.131. The van der Waals surface area contributed by atoms with Gasteiger partial charge in [-0.1, -0.05) is 129 Å². The van der Waals surface area contributed by atoms with Crippen LogP contribution in [0.15, 0.2) is 0 Å². The van der Waals surface area contributed by atoms with Crippen LogP contribution < -0.4 is 16.0 Å². The first-order valence-corrected chi connectivity index (χ1v) is 17.0. The van der Waals surface area contributed by atoms with Crippen LogP contribution in [0.5, 0.6) is 0 Å². The number of rotatable bonds is 30. The molecule has 3 amide bonds. The maximum Gasteiger partial charge on any atom is 0.303 e. The summed E-state index contributed by atoms with van der Waals surface area (Å²) in [6.45, 7) is 5.61. The van der Waals surface area contributed by atoms with Crippen molar-refractivity contribution in [1.29, 1.82) is 0 Å². The molecular formula is C33H63N3O5. The summed E-state index contributed by atoms with van der Waals surface area (Å²) in [6.07, 6.45) is 24.3. The van der Waals surface area contributed by atoms with E-state index in [1.165, 1.54) is 96.3 Å². The van der Waals surface area contributed by atoms with Gasteiger partial charge in [-0.05, 0) is 19.3 Å². The fourth-order valence-electron chi connectivity index (χ4n) is 4.91. The van der Waals surface area contributed by atoms with Crippen LogP contribution in [0.1, 0.15) is 168 Å². The van der Waals surface area contributed by atoms with E-state index in [-0.39, 0.29) is 37.5 Å². The van der Waals surface area contributed by atoms with Crippen molar-refractivity contribution in [2.24, 2.45) is 0 Å². The van der Waals surface area contributed by atoms with Crippen LogP contribution in [0.4, 0.5) is 0 Å². The average Bonchev–Trinajstić information content (AvgIpc) is 2.95. The summed E-state index contributed by atoms with van der Waals surface area (Å²) in [7, 11) is 0. The molecule has 0 aromatic heterocycles. The van der Waals surface area contributed by atoms with Crippen LogP contribution in [-0.4, -0.2) is 47.9 Å². The van der Waals surface area contributed by atoms with Gasteiger partial charge in [-0.25, -0.2) is 0 Å². The molecule has 0 bridgehead atoms. The molecule has 0 aliphatic rings. The number of carbonyl (C=O) groups excluding carboxylic acids is 3. The average molecular weight is 582 g/mol. The molecule has 0 fully saturated rings. The predicted octanol–water partition coefficient (Wildman–Crippen LogP) is 7.19. The topological polar surface area (TPSA) is 125 Å². The van der Waals surface area contributed by atoms with E-state index in [1.54, 1.807) is 0 Å². The number of nitrogens with one attached hydrogen (secondary N) is 3. The normalized spacial score (nSPS) is 11.7. The van der Waals surface area contributed by atoms with Crippen molar-refractivity contribution < 1.29 is 24.3 Å². The van der Waals surface area contributed by atoms with Gasteiger partial charge in [-0.15, -0.1) is 0 Å². The lowest BCUT2D eigenvalue weighted by Gasteiger charge is -2.18. The smallest absolute Gasteiger partial charge is 0.303 e. The molecule has 0 radical (unpaired) electrons. The minimum atomic E-state index is -1.06. The number of carboxylic acids is 1. The van der Waals surface area contributed by atoms with Crippen molar-refractivity contribution in [2.45, 2.75) is 174 Å². The lowest BCUT2D eigenvalue weighted by atomic mass is 10.1. The molecule has 0 aromatic carbocycles.